The first-order chi connectivity index (χ1) is 7.01. The Hall–Kier alpha value is -1.59. The summed E-state index contributed by atoms with van der Waals surface area (Å²) in [6.45, 7) is 1.50. The lowest BCUT2D eigenvalue weighted by atomic mass is 10.2. The summed E-state index contributed by atoms with van der Waals surface area (Å²) in [5.74, 6) is -1.38. The number of esters is 2. The third-order valence-corrected chi connectivity index (χ3v) is 1.72. The summed E-state index contributed by atoms with van der Waals surface area (Å²) < 4.78 is 8.78. The van der Waals surface area contributed by atoms with Gasteiger partial charge in [-0.15, -0.1) is 0 Å². The molecule has 0 rings (SSSR count). The molecule has 86 valence electrons. The quantitative estimate of drug-likeness (QED) is 0.635. The van der Waals surface area contributed by atoms with E-state index in [2.05, 4.69) is 14.8 Å². The van der Waals surface area contributed by atoms with Crippen molar-refractivity contribution in [1.82, 2.24) is 5.32 Å². The summed E-state index contributed by atoms with van der Waals surface area (Å²) in [4.78, 5) is 32.8. The number of hydrogen-bond donors (Lipinski definition) is 1. The fourth-order valence-corrected chi connectivity index (χ4v) is 0.867. The van der Waals surface area contributed by atoms with Crippen molar-refractivity contribution in [3.63, 3.8) is 0 Å². The highest BCUT2D eigenvalue weighted by Crippen LogP contribution is 1.94. The maximum atomic E-state index is 11.2. The maximum absolute atomic E-state index is 11.2. The van der Waals surface area contributed by atoms with Gasteiger partial charge in [0.15, 0.2) is 0 Å². The van der Waals surface area contributed by atoms with Gasteiger partial charge in [0.1, 0.15) is 6.04 Å². The minimum Gasteiger partial charge on any atom is -0.469 e. The van der Waals surface area contributed by atoms with Crippen LogP contribution in [0.5, 0.6) is 0 Å². The molecule has 0 saturated heterocycles. The van der Waals surface area contributed by atoms with Gasteiger partial charge in [0, 0.05) is 6.42 Å². The number of hydrogen-bond acceptors (Lipinski definition) is 5. The average Bonchev–Trinajstić information content (AvgIpc) is 2.24. The molecule has 0 aliphatic rings. The fourth-order valence-electron chi connectivity index (χ4n) is 0.867. The van der Waals surface area contributed by atoms with Gasteiger partial charge in [0.05, 0.1) is 20.6 Å². The van der Waals surface area contributed by atoms with Crippen molar-refractivity contribution >= 4 is 17.8 Å². The highest BCUT2D eigenvalue weighted by molar-refractivity contribution is 5.86. The van der Waals surface area contributed by atoms with E-state index in [-0.39, 0.29) is 12.8 Å². The first kappa shape index (κ1) is 13.4. The fraction of sp³-hybridized carbons (Fsp3) is 0.667. The molecule has 0 bridgehead atoms. The number of carbonyl (C=O) groups is 3. The summed E-state index contributed by atoms with van der Waals surface area (Å²) in [6, 6.07) is -0.708. The number of nitrogens with one attached hydrogen (secondary N) is 1. The number of carbonyl (C=O) groups excluding carboxylic acids is 3. The SMILES string of the molecule is COC(=O)CCC(=O)NC(C)C(=O)OC. The van der Waals surface area contributed by atoms with E-state index < -0.39 is 23.9 Å². The smallest absolute Gasteiger partial charge is 0.328 e. The van der Waals surface area contributed by atoms with E-state index in [9.17, 15) is 14.4 Å². The molecule has 1 unspecified atom stereocenters. The van der Waals surface area contributed by atoms with Gasteiger partial charge in [0.2, 0.25) is 5.91 Å². The van der Waals surface area contributed by atoms with E-state index in [0.717, 1.165) is 0 Å². The minimum absolute atomic E-state index is 0.00374. The van der Waals surface area contributed by atoms with Crippen LogP contribution < -0.4 is 5.32 Å². The van der Waals surface area contributed by atoms with E-state index in [1.807, 2.05) is 0 Å². The van der Waals surface area contributed by atoms with Gasteiger partial charge in [-0.25, -0.2) is 4.79 Å². The third-order valence-electron chi connectivity index (χ3n) is 1.72. The second-order valence-electron chi connectivity index (χ2n) is 2.89. The largest absolute Gasteiger partial charge is 0.469 e. The molecule has 1 N–H and O–H groups in total. The van der Waals surface area contributed by atoms with E-state index >= 15 is 0 Å². The molecule has 0 aliphatic carbocycles. The molecule has 6 nitrogen and oxygen atoms in total. The van der Waals surface area contributed by atoms with Gasteiger partial charge in [-0.3, -0.25) is 9.59 Å². The summed E-state index contributed by atoms with van der Waals surface area (Å²) in [5, 5.41) is 2.39. The van der Waals surface area contributed by atoms with Crippen LogP contribution in [0.1, 0.15) is 19.8 Å². The predicted molar refractivity (Wildman–Crippen MR) is 50.9 cm³/mol. The van der Waals surface area contributed by atoms with Gasteiger partial charge in [0.25, 0.3) is 0 Å². The lowest BCUT2D eigenvalue weighted by Gasteiger charge is -2.10. The second kappa shape index (κ2) is 6.80. The molecule has 0 aromatic carbocycles. The van der Waals surface area contributed by atoms with Crippen LogP contribution in [-0.2, 0) is 23.9 Å². The van der Waals surface area contributed by atoms with Crippen LogP contribution in [0.2, 0.25) is 0 Å². The Morgan fingerprint density at radius 3 is 2.20 bits per heavy atom. The Balaban J connectivity index is 3.83. The Labute approximate surface area is 87.9 Å². The van der Waals surface area contributed by atoms with Crippen molar-refractivity contribution in [2.75, 3.05) is 14.2 Å². The topological polar surface area (TPSA) is 81.7 Å². The Morgan fingerprint density at radius 2 is 1.73 bits per heavy atom. The number of ether oxygens (including phenoxy) is 2. The highest BCUT2D eigenvalue weighted by atomic mass is 16.5. The molecule has 0 fully saturated rings. The summed E-state index contributed by atoms with van der Waals surface area (Å²) in [5.41, 5.74) is 0. The standard InChI is InChI=1S/C9H15NO5/c1-6(9(13)15-3)10-7(11)4-5-8(12)14-2/h6H,4-5H2,1-3H3,(H,10,11). The van der Waals surface area contributed by atoms with Gasteiger partial charge in [-0.05, 0) is 6.92 Å². The van der Waals surface area contributed by atoms with Crippen molar-refractivity contribution in [1.29, 1.82) is 0 Å². The van der Waals surface area contributed by atoms with Gasteiger partial charge >= 0.3 is 11.9 Å². The summed E-state index contributed by atoms with van der Waals surface area (Å²) in [6.07, 6.45) is -0.00969. The number of rotatable bonds is 5. The van der Waals surface area contributed by atoms with Crippen LogP contribution in [0.3, 0.4) is 0 Å². The molecule has 15 heavy (non-hydrogen) atoms. The predicted octanol–water partition coefficient (Wildman–Crippen LogP) is -0.383. The van der Waals surface area contributed by atoms with Gasteiger partial charge in [-0.2, -0.15) is 0 Å². The molecule has 0 saturated carbocycles. The van der Waals surface area contributed by atoms with Crippen LogP contribution >= 0.6 is 0 Å². The van der Waals surface area contributed by atoms with Crippen molar-refractivity contribution in [3.05, 3.63) is 0 Å². The molecule has 0 aliphatic heterocycles. The average molecular weight is 217 g/mol. The summed E-state index contributed by atoms with van der Waals surface area (Å²) in [7, 11) is 2.48. The van der Waals surface area contributed by atoms with E-state index in [1.165, 1.54) is 21.1 Å². The zero-order valence-corrected chi connectivity index (χ0v) is 9.03. The van der Waals surface area contributed by atoms with E-state index in [1.54, 1.807) is 0 Å². The molecule has 0 spiro atoms. The monoisotopic (exact) mass is 217 g/mol. The van der Waals surface area contributed by atoms with E-state index in [4.69, 9.17) is 0 Å². The van der Waals surface area contributed by atoms with Crippen LogP contribution in [0, 0.1) is 0 Å². The Kier molecular flexibility index (Phi) is 6.08. The van der Waals surface area contributed by atoms with Crippen molar-refractivity contribution in [2.24, 2.45) is 0 Å². The van der Waals surface area contributed by atoms with Crippen molar-refractivity contribution < 1.29 is 23.9 Å². The minimum atomic E-state index is -0.708. The zero-order valence-electron chi connectivity index (χ0n) is 9.03. The number of methoxy groups -OCH3 is 2. The molecule has 1 atom stereocenters. The molecule has 0 aromatic rings. The van der Waals surface area contributed by atoms with Crippen LogP contribution in [0.25, 0.3) is 0 Å². The normalized spacial score (nSPS) is 11.4. The highest BCUT2D eigenvalue weighted by Gasteiger charge is 2.16. The summed E-state index contributed by atoms with van der Waals surface area (Å²) >= 11 is 0. The molecule has 0 radical (unpaired) electrons. The molecular formula is C9H15NO5. The Morgan fingerprint density at radius 1 is 1.13 bits per heavy atom. The molecule has 0 aromatic heterocycles. The first-order valence-corrected chi connectivity index (χ1v) is 4.45. The number of amides is 1. The maximum Gasteiger partial charge on any atom is 0.328 e. The lowest BCUT2D eigenvalue weighted by molar-refractivity contribution is -0.145. The van der Waals surface area contributed by atoms with Crippen LogP contribution in [0.15, 0.2) is 0 Å². The lowest BCUT2D eigenvalue weighted by Crippen LogP contribution is -2.39. The molecular weight excluding hydrogens is 202 g/mol. The van der Waals surface area contributed by atoms with Crippen molar-refractivity contribution in [3.8, 4) is 0 Å². The second-order valence-corrected chi connectivity index (χ2v) is 2.89. The van der Waals surface area contributed by atoms with E-state index in [0.29, 0.717) is 0 Å². The zero-order chi connectivity index (χ0) is 11.8. The van der Waals surface area contributed by atoms with Gasteiger partial charge in [-0.1, -0.05) is 0 Å². The van der Waals surface area contributed by atoms with Crippen LogP contribution in [0.4, 0.5) is 0 Å². The van der Waals surface area contributed by atoms with Crippen LogP contribution in [-0.4, -0.2) is 38.1 Å². The molecule has 1 amide bonds. The molecule has 6 heteroatoms. The third kappa shape index (κ3) is 5.66. The molecule has 0 heterocycles. The van der Waals surface area contributed by atoms with Crippen molar-refractivity contribution in [2.45, 2.75) is 25.8 Å². The first-order valence-electron chi connectivity index (χ1n) is 4.45. The Bertz CT molecular complexity index is 251. The van der Waals surface area contributed by atoms with Gasteiger partial charge < -0.3 is 14.8 Å².